The average Bonchev–Trinajstić information content (AvgIpc) is 3.18. The van der Waals surface area contributed by atoms with E-state index in [0.717, 1.165) is 41.1 Å². The normalized spacial score (nSPS) is 10.6. The van der Waals surface area contributed by atoms with Crippen molar-refractivity contribution in [2.45, 2.75) is 52.3 Å². The molecule has 0 radical (unpaired) electrons. The number of hydrogen-bond acceptors (Lipinski definition) is 6. The Balaban J connectivity index is 0.000000358. The predicted octanol–water partition coefficient (Wildman–Crippen LogP) is 12.1. The van der Waals surface area contributed by atoms with Gasteiger partial charge >= 0.3 is 12.4 Å². The summed E-state index contributed by atoms with van der Waals surface area (Å²) in [5.41, 5.74) is 4.89. The number of methoxy groups -OCH3 is 6. The molecule has 13 heteroatoms. The highest BCUT2D eigenvalue weighted by Gasteiger charge is 2.30. The summed E-state index contributed by atoms with van der Waals surface area (Å²) in [6.45, 7) is 4.68. The third kappa shape index (κ3) is 23.1. The Morgan fingerprint density at radius 1 is 0.421 bits per heavy atom. The van der Waals surface area contributed by atoms with Crippen LogP contribution >= 0.6 is 22.6 Å². The second kappa shape index (κ2) is 28.4. The van der Waals surface area contributed by atoms with E-state index in [0.29, 0.717) is 32.0 Å². The van der Waals surface area contributed by atoms with Gasteiger partial charge in [-0.25, -0.2) is 0 Å². The number of hydrogen-bond donors (Lipinski definition) is 0. The second-order valence-corrected chi connectivity index (χ2v) is 13.3. The van der Waals surface area contributed by atoms with E-state index in [1.54, 1.807) is 34.5 Å². The van der Waals surface area contributed by atoms with Crippen LogP contribution in [-0.2, 0) is 69.1 Å². The lowest BCUT2D eigenvalue weighted by molar-refractivity contribution is -0.138. The molecule has 0 spiro atoms. The van der Waals surface area contributed by atoms with E-state index in [1.807, 2.05) is 24.3 Å². The first-order chi connectivity index (χ1) is 27.1. The zero-order valence-corrected chi connectivity index (χ0v) is 35.3. The molecule has 6 nitrogen and oxygen atoms in total. The molecular formula is C44H51F6IO6. The third-order valence-electron chi connectivity index (χ3n) is 7.28. The number of ether oxygens (including phenoxy) is 6. The van der Waals surface area contributed by atoms with E-state index in [2.05, 4.69) is 78.0 Å². The SMILES string of the molecule is COCc1ccc(C(F)(F)F)cc1.COCc1ccc(C)cc1.COCc1ccc(I)cc1.COCc1ccc(OC)cc1.COCc1cccc(C(F)(F)F)c1. The number of aryl methyl sites for hydroxylation is 1. The molecule has 0 heterocycles. The standard InChI is InChI=1S/2C9H9F3O.C9H12O2.C9H12O.C8H9IO/c1-13-6-7-2-4-8(5-3-7)9(10,11)12;1-13-6-7-3-2-4-8(5-7)9(10,11)12;1-10-7-8-3-5-9(11-2)6-4-8;1-8-3-5-9(6-4-8)7-10-2;1-10-6-7-2-4-8(9)5-3-7/h2*2-5H,6H2,1H3;3-6H,7H2,1-2H3;3-6H,7H2,1-2H3;2-5H,6H2,1H3. The van der Waals surface area contributed by atoms with Crippen LogP contribution in [0.4, 0.5) is 26.3 Å². The van der Waals surface area contributed by atoms with Crippen LogP contribution < -0.4 is 4.74 Å². The number of benzene rings is 5. The van der Waals surface area contributed by atoms with Crippen molar-refractivity contribution in [3.63, 3.8) is 0 Å². The van der Waals surface area contributed by atoms with Crippen molar-refractivity contribution in [2.75, 3.05) is 42.7 Å². The molecule has 0 aliphatic heterocycles. The topological polar surface area (TPSA) is 55.4 Å². The molecule has 0 aromatic heterocycles. The van der Waals surface area contributed by atoms with Crippen molar-refractivity contribution in [2.24, 2.45) is 0 Å². The molecule has 0 N–H and O–H groups in total. The maximum Gasteiger partial charge on any atom is 0.416 e. The van der Waals surface area contributed by atoms with Gasteiger partial charge in [-0.3, -0.25) is 0 Å². The van der Waals surface area contributed by atoms with E-state index < -0.39 is 23.5 Å². The fraction of sp³-hybridized carbons (Fsp3) is 0.318. The summed E-state index contributed by atoms with van der Waals surface area (Å²) in [5, 5.41) is 0. The lowest BCUT2D eigenvalue weighted by atomic mass is 10.1. The molecule has 57 heavy (non-hydrogen) atoms. The van der Waals surface area contributed by atoms with Crippen molar-refractivity contribution in [3.8, 4) is 5.75 Å². The lowest BCUT2D eigenvalue weighted by Crippen LogP contribution is -2.05. The number of halogens is 7. The summed E-state index contributed by atoms with van der Waals surface area (Å²) in [4.78, 5) is 0. The molecule has 0 saturated heterocycles. The van der Waals surface area contributed by atoms with Gasteiger partial charge in [-0.2, -0.15) is 26.3 Å². The third-order valence-corrected chi connectivity index (χ3v) is 8.00. The average molecular weight is 917 g/mol. The van der Waals surface area contributed by atoms with E-state index >= 15 is 0 Å². The van der Waals surface area contributed by atoms with Crippen LogP contribution in [0.5, 0.6) is 5.75 Å². The van der Waals surface area contributed by atoms with Crippen molar-refractivity contribution in [1.82, 2.24) is 0 Å². The predicted molar refractivity (Wildman–Crippen MR) is 220 cm³/mol. The first-order valence-corrected chi connectivity index (χ1v) is 18.4. The van der Waals surface area contributed by atoms with Gasteiger partial charge in [0.2, 0.25) is 0 Å². The minimum absolute atomic E-state index is 0.198. The molecule has 0 amide bonds. The van der Waals surface area contributed by atoms with Gasteiger partial charge in [0.25, 0.3) is 0 Å². The van der Waals surface area contributed by atoms with Crippen LogP contribution in [0.25, 0.3) is 0 Å². The molecule has 0 atom stereocenters. The Kier molecular flexibility index (Phi) is 25.4. The van der Waals surface area contributed by atoms with Gasteiger partial charge < -0.3 is 28.4 Å². The quantitative estimate of drug-likeness (QED) is 0.0972. The molecule has 5 aromatic carbocycles. The first-order valence-electron chi connectivity index (χ1n) is 17.3. The zero-order valence-electron chi connectivity index (χ0n) is 33.2. The first kappa shape index (κ1) is 51.0. The molecule has 0 aliphatic rings. The maximum absolute atomic E-state index is 12.2. The molecule has 0 aliphatic carbocycles. The maximum atomic E-state index is 12.2. The Morgan fingerprint density at radius 3 is 1.14 bits per heavy atom. The van der Waals surface area contributed by atoms with E-state index in [1.165, 1.54) is 52.7 Å². The van der Waals surface area contributed by atoms with Gasteiger partial charge in [-0.1, -0.05) is 78.4 Å². The van der Waals surface area contributed by atoms with Crippen LogP contribution in [0.1, 0.15) is 44.5 Å². The molecule has 5 rings (SSSR count). The molecule has 5 aromatic rings. The van der Waals surface area contributed by atoms with E-state index in [-0.39, 0.29) is 6.61 Å². The van der Waals surface area contributed by atoms with Gasteiger partial charge in [0.1, 0.15) is 5.75 Å². The van der Waals surface area contributed by atoms with Gasteiger partial charge in [0.15, 0.2) is 0 Å². The minimum Gasteiger partial charge on any atom is -0.497 e. The molecule has 0 saturated carbocycles. The summed E-state index contributed by atoms with van der Waals surface area (Å²) in [6.07, 6.45) is -8.53. The Bertz CT molecular complexity index is 1700. The van der Waals surface area contributed by atoms with Crippen LogP contribution in [0.3, 0.4) is 0 Å². The van der Waals surface area contributed by atoms with Gasteiger partial charge in [-0.15, -0.1) is 0 Å². The highest BCUT2D eigenvalue weighted by molar-refractivity contribution is 14.1. The molecule has 0 unspecified atom stereocenters. The van der Waals surface area contributed by atoms with Crippen LogP contribution in [0, 0.1) is 10.5 Å². The van der Waals surface area contributed by atoms with Crippen LogP contribution in [-0.4, -0.2) is 42.7 Å². The summed E-state index contributed by atoms with van der Waals surface area (Å²) in [5.74, 6) is 0.879. The largest absolute Gasteiger partial charge is 0.497 e. The molecule has 0 bridgehead atoms. The molecular weight excluding hydrogens is 865 g/mol. The van der Waals surface area contributed by atoms with Crippen molar-refractivity contribution >= 4 is 22.6 Å². The number of rotatable bonds is 11. The lowest BCUT2D eigenvalue weighted by Gasteiger charge is -2.07. The van der Waals surface area contributed by atoms with E-state index in [9.17, 15) is 26.3 Å². The summed E-state index contributed by atoms with van der Waals surface area (Å²) < 4.78 is 103. The minimum atomic E-state index is -4.27. The summed E-state index contributed by atoms with van der Waals surface area (Å²) in [7, 11) is 9.70. The highest BCUT2D eigenvalue weighted by atomic mass is 127. The Labute approximate surface area is 346 Å². The van der Waals surface area contributed by atoms with E-state index in [4.69, 9.17) is 28.4 Å². The highest BCUT2D eigenvalue weighted by Crippen LogP contribution is 2.30. The summed E-state index contributed by atoms with van der Waals surface area (Å²) in [6, 6.07) is 34.5. The van der Waals surface area contributed by atoms with Gasteiger partial charge in [0.05, 0.1) is 51.3 Å². The van der Waals surface area contributed by atoms with Crippen molar-refractivity contribution in [3.05, 3.63) is 169 Å². The summed E-state index contributed by atoms with van der Waals surface area (Å²) >= 11 is 2.28. The van der Waals surface area contributed by atoms with Gasteiger partial charge in [-0.05, 0) is 106 Å². The Hall–Kier alpha value is -3.99. The zero-order chi connectivity index (χ0) is 42.7. The molecule has 312 valence electrons. The van der Waals surface area contributed by atoms with Crippen LogP contribution in [0.2, 0.25) is 0 Å². The van der Waals surface area contributed by atoms with Gasteiger partial charge in [0, 0.05) is 39.1 Å². The number of alkyl halides is 6. The van der Waals surface area contributed by atoms with Crippen LogP contribution in [0.15, 0.2) is 121 Å². The Morgan fingerprint density at radius 2 is 0.772 bits per heavy atom. The molecule has 0 fully saturated rings. The second-order valence-electron chi connectivity index (χ2n) is 12.0. The monoisotopic (exact) mass is 916 g/mol. The van der Waals surface area contributed by atoms with Crippen molar-refractivity contribution < 1.29 is 54.8 Å². The smallest absolute Gasteiger partial charge is 0.416 e. The van der Waals surface area contributed by atoms with Crippen molar-refractivity contribution in [1.29, 1.82) is 0 Å². The fourth-order valence-corrected chi connectivity index (χ4v) is 4.81. The fourth-order valence-electron chi connectivity index (χ4n) is 4.45.